The molecule has 0 amide bonds. The van der Waals surface area contributed by atoms with Crippen LogP contribution in [-0.2, 0) is 6.54 Å². The van der Waals surface area contributed by atoms with E-state index in [-0.39, 0.29) is 24.0 Å². The Morgan fingerprint density at radius 1 is 1.47 bits per heavy atom. The summed E-state index contributed by atoms with van der Waals surface area (Å²) in [4.78, 5) is 12.5. The molecule has 0 fully saturated rings. The highest BCUT2D eigenvalue weighted by atomic mass is 127. The van der Waals surface area contributed by atoms with Gasteiger partial charge in [0.05, 0.1) is 12.2 Å². The topological polar surface area (TPSA) is 62.2 Å². The summed E-state index contributed by atoms with van der Waals surface area (Å²) in [5, 5.41) is 6.40. The summed E-state index contributed by atoms with van der Waals surface area (Å²) in [7, 11) is 1.75. The molecule has 0 saturated carbocycles. The minimum Gasteiger partial charge on any atom is -0.354 e. The molecule has 2 N–H and O–H groups in total. The predicted molar refractivity (Wildman–Crippen MR) is 80.7 cm³/mol. The van der Waals surface area contributed by atoms with E-state index in [0.29, 0.717) is 12.6 Å². The molecule has 1 aromatic rings. The van der Waals surface area contributed by atoms with Crippen molar-refractivity contribution >= 4 is 29.9 Å². The van der Waals surface area contributed by atoms with Gasteiger partial charge < -0.3 is 10.6 Å². The van der Waals surface area contributed by atoms with Crippen LogP contribution < -0.4 is 10.6 Å². The molecule has 0 unspecified atom stereocenters. The fraction of sp³-hybridized carbons (Fsp3) is 0.545. The van der Waals surface area contributed by atoms with Gasteiger partial charge in [-0.2, -0.15) is 0 Å². The monoisotopic (exact) mass is 349 g/mol. The minimum absolute atomic E-state index is 0. The number of guanidine groups is 1. The number of halogens is 1. The molecule has 1 aromatic heterocycles. The lowest BCUT2D eigenvalue weighted by Crippen LogP contribution is -2.40. The first-order valence-electron chi connectivity index (χ1n) is 5.37. The van der Waals surface area contributed by atoms with Crippen LogP contribution in [0.15, 0.2) is 17.3 Å². The summed E-state index contributed by atoms with van der Waals surface area (Å²) < 4.78 is 0. The highest BCUT2D eigenvalue weighted by molar-refractivity contribution is 14.0. The van der Waals surface area contributed by atoms with Gasteiger partial charge >= 0.3 is 0 Å². The van der Waals surface area contributed by atoms with Crippen molar-refractivity contribution in [2.75, 3.05) is 7.05 Å². The van der Waals surface area contributed by atoms with Gasteiger partial charge in [-0.05, 0) is 26.8 Å². The quantitative estimate of drug-likeness (QED) is 0.493. The first-order chi connectivity index (χ1) is 7.61. The minimum atomic E-state index is 0. The van der Waals surface area contributed by atoms with Gasteiger partial charge in [-0.25, -0.2) is 9.97 Å². The molecule has 0 atom stereocenters. The smallest absolute Gasteiger partial charge is 0.191 e. The Labute approximate surface area is 120 Å². The molecular weight excluding hydrogens is 329 g/mol. The molecule has 0 aliphatic rings. The standard InChI is InChI=1S/C11H19N5.HI/c1-8(2)15-11(12-4)14-7-10-5-6-13-9(3)16-10;/h5-6,8H,7H2,1-4H3,(H2,12,14,15);1H. The molecule has 5 nitrogen and oxygen atoms in total. The van der Waals surface area contributed by atoms with E-state index in [4.69, 9.17) is 0 Å². The first-order valence-corrected chi connectivity index (χ1v) is 5.37. The molecule has 0 radical (unpaired) electrons. The molecule has 0 spiro atoms. The van der Waals surface area contributed by atoms with E-state index in [0.717, 1.165) is 17.5 Å². The van der Waals surface area contributed by atoms with Crippen molar-refractivity contribution < 1.29 is 0 Å². The normalized spacial score (nSPS) is 11.0. The third kappa shape index (κ3) is 6.40. The zero-order valence-electron chi connectivity index (χ0n) is 10.7. The van der Waals surface area contributed by atoms with Crippen molar-refractivity contribution in [3.63, 3.8) is 0 Å². The summed E-state index contributed by atoms with van der Waals surface area (Å²) in [6.45, 7) is 6.67. The number of aryl methyl sites for hydroxylation is 1. The highest BCUT2D eigenvalue weighted by Gasteiger charge is 2.00. The maximum atomic E-state index is 4.30. The van der Waals surface area contributed by atoms with Crippen LogP contribution in [0, 0.1) is 6.92 Å². The predicted octanol–water partition coefficient (Wildman–Crippen LogP) is 1.48. The molecule has 17 heavy (non-hydrogen) atoms. The lowest BCUT2D eigenvalue weighted by atomic mass is 10.4. The summed E-state index contributed by atoms with van der Waals surface area (Å²) in [5.41, 5.74) is 0.958. The van der Waals surface area contributed by atoms with Crippen LogP contribution in [0.25, 0.3) is 0 Å². The molecule has 0 bridgehead atoms. The number of rotatable bonds is 3. The van der Waals surface area contributed by atoms with E-state index < -0.39 is 0 Å². The number of hydrogen-bond acceptors (Lipinski definition) is 3. The Kier molecular flexibility index (Phi) is 7.77. The highest BCUT2D eigenvalue weighted by Crippen LogP contribution is 1.93. The Morgan fingerprint density at radius 2 is 2.18 bits per heavy atom. The van der Waals surface area contributed by atoms with Gasteiger partial charge in [0.1, 0.15) is 5.82 Å². The fourth-order valence-corrected chi connectivity index (χ4v) is 1.25. The molecule has 0 aliphatic carbocycles. The van der Waals surface area contributed by atoms with Gasteiger partial charge in [-0.1, -0.05) is 0 Å². The van der Waals surface area contributed by atoms with Crippen molar-refractivity contribution in [2.24, 2.45) is 4.99 Å². The molecule has 0 aromatic carbocycles. The van der Waals surface area contributed by atoms with E-state index in [1.165, 1.54) is 0 Å². The molecule has 1 rings (SSSR count). The Bertz CT molecular complexity index is 365. The van der Waals surface area contributed by atoms with Crippen molar-refractivity contribution in [3.05, 3.63) is 23.8 Å². The Hall–Kier alpha value is -0.920. The van der Waals surface area contributed by atoms with Crippen LogP contribution in [0.1, 0.15) is 25.4 Å². The van der Waals surface area contributed by atoms with Crippen molar-refractivity contribution in [1.29, 1.82) is 0 Å². The first kappa shape index (κ1) is 16.1. The zero-order valence-corrected chi connectivity index (χ0v) is 13.0. The van der Waals surface area contributed by atoms with Gasteiger partial charge in [0, 0.05) is 19.3 Å². The second-order valence-corrected chi connectivity index (χ2v) is 3.82. The third-order valence-electron chi connectivity index (χ3n) is 1.92. The van der Waals surface area contributed by atoms with Crippen molar-refractivity contribution in [3.8, 4) is 0 Å². The molecule has 1 heterocycles. The van der Waals surface area contributed by atoms with E-state index in [1.807, 2.05) is 13.0 Å². The average Bonchev–Trinajstić information content (AvgIpc) is 2.24. The summed E-state index contributed by atoms with van der Waals surface area (Å²) in [6, 6.07) is 2.25. The van der Waals surface area contributed by atoms with Crippen LogP contribution in [-0.4, -0.2) is 29.0 Å². The SMILES string of the molecule is CN=C(NCc1ccnc(C)n1)NC(C)C.I. The molecule has 96 valence electrons. The number of aromatic nitrogens is 2. The van der Waals surface area contributed by atoms with Crippen molar-refractivity contribution in [1.82, 2.24) is 20.6 Å². The largest absolute Gasteiger partial charge is 0.354 e. The van der Waals surface area contributed by atoms with Crippen LogP contribution in [0.3, 0.4) is 0 Å². The maximum absolute atomic E-state index is 4.30. The second kappa shape index (κ2) is 8.21. The van der Waals surface area contributed by atoms with E-state index in [1.54, 1.807) is 13.2 Å². The van der Waals surface area contributed by atoms with Crippen LogP contribution in [0.2, 0.25) is 0 Å². The van der Waals surface area contributed by atoms with Crippen LogP contribution in [0.4, 0.5) is 0 Å². The van der Waals surface area contributed by atoms with Crippen molar-refractivity contribution in [2.45, 2.75) is 33.4 Å². The average molecular weight is 349 g/mol. The Morgan fingerprint density at radius 3 is 2.71 bits per heavy atom. The molecule has 0 aliphatic heterocycles. The number of nitrogens with one attached hydrogen (secondary N) is 2. The zero-order chi connectivity index (χ0) is 12.0. The van der Waals surface area contributed by atoms with Crippen LogP contribution >= 0.6 is 24.0 Å². The maximum Gasteiger partial charge on any atom is 0.191 e. The Balaban J connectivity index is 0.00000256. The van der Waals surface area contributed by atoms with Gasteiger partial charge in [0.15, 0.2) is 5.96 Å². The van der Waals surface area contributed by atoms with Gasteiger partial charge in [-0.15, -0.1) is 24.0 Å². The summed E-state index contributed by atoms with van der Waals surface area (Å²) >= 11 is 0. The van der Waals surface area contributed by atoms with Crippen LogP contribution in [0.5, 0.6) is 0 Å². The molecular formula is C11H20IN5. The molecule has 6 heteroatoms. The summed E-state index contributed by atoms with van der Waals surface area (Å²) in [6.07, 6.45) is 1.76. The van der Waals surface area contributed by atoms with E-state index >= 15 is 0 Å². The molecule has 0 saturated heterocycles. The van der Waals surface area contributed by atoms with E-state index in [9.17, 15) is 0 Å². The summed E-state index contributed by atoms with van der Waals surface area (Å²) in [5.74, 6) is 1.57. The number of hydrogen-bond donors (Lipinski definition) is 2. The lowest BCUT2D eigenvalue weighted by molar-refractivity contribution is 0.695. The third-order valence-corrected chi connectivity index (χ3v) is 1.92. The van der Waals surface area contributed by atoms with Gasteiger partial charge in [0.25, 0.3) is 0 Å². The second-order valence-electron chi connectivity index (χ2n) is 3.82. The lowest BCUT2D eigenvalue weighted by Gasteiger charge is -2.14. The number of aliphatic imine (C=N–C) groups is 1. The van der Waals surface area contributed by atoms with E-state index in [2.05, 4.69) is 39.4 Å². The van der Waals surface area contributed by atoms with Gasteiger partial charge in [-0.3, -0.25) is 4.99 Å². The van der Waals surface area contributed by atoms with Gasteiger partial charge in [0.2, 0.25) is 0 Å². The fourth-order valence-electron chi connectivity index (χ4n) is 1.25. The number of nitrogens with zero attached hydrogens (tertiary/aromatic N) is 3.